The van der Waals surface area contributed by atoms with E-state index in [-0.39, 0.29) is 18.2 Å². The minimum absolute atomic E-state index is 0.0194. The summed E-state index contributed by atoms with van der Waals surface area (Å²) in [5, 5.41) is 2.76. The van der Waals surface area contributed by atoms with Crippen LogP contribution in [0.3, 0.4) is 0 Å². The molecule has 5 nitrogen and oxygen atoms in total. The van der Waals surface area contributed by atoms with Gasteiger partial charge in [-0.25, -0.2) is 8.42 Å². The molecule has 0 unspecified atom stereocenters. The molecule has 0 aromatic rings. The Bertz CT molecular complexity index is 341. The van der Waals surface area contributed by atoms with Gasteiger partial charge in [-0.15, -0.1) is 0 Å². The average molecular weight is 262 g/mol. The van der Waals surface area contributed by atoms with Crippen molar-refractivity contribution < 1.29 is 13.2 Å². The van der Waals surface area contributed by atoms with Crippen LogP contribution in [0.5, 0.6) is 0 Å². The van der Waals surface area contributed by atoms with Crippen LogP contribution in [0.15, 0.2) is 0 Å². The zero-order valence-electron chi connectivity index (χ0n) is 10.4. The molecule has 17 heavy (non-hydrogen) atoms. The summed E-state index contributed by atoms with van der Waals surface area (Å²) >= 11 is 0. The molecule has 1 aliphatic rings. The van der Waals surface area contributed by atoms with Crippen LogP contribution in [-0.4, -0.2) is 44.0 Å². The number of hydrogen-bond donors (Lipinski definition) is 1. The van der Waals surface area contributed by atoms with Crippen molar-refractivity contribution in [1.29, 1.82) is 0 Å². The Labute approximate surface area is 104 Å². The van der Waals surface area contributed by atoms with E-state index >= 15 is 0 Å². The van der Waals surface area contributed by atoms with Crippen LogP contribution < -0.4 is 5.32 Å². The molecule has 100 valence electrons. The number of rotatable bonds is 6. The van der Waals surface area contributed by atoms with Gasteiger partial charge in [0.25, 0.3) is 0 Å². The number of carbonyl (C=O) groups is 1. The van der Waals surface area contributed by atoms with E-state index in [1.807, 2.05) is 0 Å². The molecule has 6 heteroatoms. The van der Waals surface area contributed by atoms with E-state index in [0.29, 0.717) is 19.5 Å². The fourth-order valence-electron chi connectivity index (χ4n) is 1.84. The Kier molecular flexibility index (Phi) is 5.91. The van der Waals surface area contributed by atoms with Crippen LogP contribution in [0.2, 0.25) is 0 Å². The number of carbonyl (C=O) groups excluding carboxylic acids is 1. The normalized spacial score (nSPS) is 20.1. The van der Waals surface area contributed by atoms with Crippen molar-refractivity contribution in [2.45, 2.75) is 39.0 Å². The van der Waals surface area contributed by atoms with Crippen LogP contribution >= 0.6 is 0 Å². The number of hydrogen-bond acceptors (Lipinski definition) is 3. The first kappa shape index (κ1) is 14.4. The fourth-order valence-corrected chi connectivity index (χ4v) is 3.39. The molecule has 1 rings (SSSR count). The van der Waals surface area contributed by atoms with E-state index in [1.54, 1.807) is 0 Å². The van der Waals surface area contributed by atoms with Crippen LogP contribution in [0.25, 0.3) is 0 Å². The van der Waals surface area contributed by atoms with Crippen molar-refractivity contribution in [3.63, 3.8) is 0 Å². The minimum atomic E-state index is -3.18. The second kappa shape index (κ2) is 6.96. The molecular formula is C11H22N2O3S. The van der Waals surface area contributed by atoms with Gasteiger partial charge in [0.05, 0.1) is 12.3 Å². The van der Waals surface area contributed by atoms with Gasteiger partial charge in [0.2, 0.25) is 15.9 Å². The van der Waals surface area contributed by atoms with Crippen molar-refractivity contribution in [3.05, 3.63) is 0 Å². The molecule has 1 heterocycles. The van der Waals surface area contributed by atoms with Crippen LogP contribution in [-0.2, 0) is 14.8 Å². The van der Waals surface area contributed by atoms with E-state index in [9.17, 15) is 13.2 Å². The summed E-state index contributed by atoms with van der Waals surface area (Å²) in [5.41, 5.74) is 0. The highest BCUT2D eigenvalue weighted by Gasteiger charge is 2.27. The predicted octanol–water partition coefficient (Wildman–Crippen LogP) is 0.718. The first-order valence-corrected chi connectivity index (χ1v) is 7.91. The second-order valence-electron chi connectivity index (χ2n) is 4.41. The van der Waals surface area contributed by atoms with E-state index in [0.717, 1.165) is 25.7 Å². The number of nitrogens with one attached hydrogen (secondary N) is 1. The van der Waals surface area contributed by atoms with Crippen molar-refractivity contribution in [2.24, 2.45) is 0 Å². The molecule has 1 saturated heterocycles. The maximum Gasteiger partial charge on any atom is 0.235 e. The highest BCUT2D eigenvalue weighted by Crippen LogP contribution is 2.12. The standard InChI is InChI=1S/C11H22N2O3S/c1-2-3-4-7-12-11(14)10-13-8-5-6-9-17(13,15)16/h2-10H2,1H3,(H,12,14). The van der Waals surface area contributed by atoms with Gasteiger partial charge in [0.1, 0.15) is 0 Å². The van der Waals surface area contributed by atoms with Crippen LogP contribution in [0.4, 0.5) is 0 Å². The number of nitrogens with zero attached hydrogens (tertiary/aromatic N) is 1. The number of unbranched alkanes of at least 4 members (excludes halogenated alkanes) is 2. The molecule has 0 radical (unpaired) electrons. The van der Waals surface area contributed by atoms with Crippen LogP contribution in [0, 0.1) is 0 Å². The van der Waals surface area contributed by atoms with E-state index in [2.05, 4.69) is 12.2 Å². The lowest BCUT2D eigenvalue weighted by molar-refractivity contribution is -0.121. The van der Waals surface area contributed by atoms with E-state index in [4.69, 9.17) is 0 Å². The van der Waals surface area contributed by atoms with Gasteiger partial charge in [0, 0.05) is 13.1 Å². The molecule has 0 saturated carbocycles. The first-order chi connectivity index (χ1) is 8.06. The zero-order valence-corrected chi connectivity index (χ0v) is 11.3. The Morgan fingerprint density at radius 3 is 2.71 bits per heavy atom. The summed E-state index contributed by atoms with van der Waals surface area (Å²) in [7, 11) is -3.18. The minimum Gasteiger partial charge on any atom is -0.355 e. The Morgan fingerprint density at radius 2 is 2.06 bits per heavy atom. The van der Waals surface area contributed by atoms with Crippen LogP contribution in [0.1, 0.15) is 39.0 Å². The summed E-state index contributed by atoms with van der Waals surface area (Å²) in [5.74, 6) is -0.0117. The summed E-state index contributed by atoms with van der Waals surface area (Å²) in [4.78, 5) is 11.5. The number of amides is 1. The Balaban J connectivity index is 2.30. The van der Waals surface area contributed by atoms with Crippen molar-refractivity contribution in [2.75, 3.05) is 25.4 Å². The highest BCUT2D eigenvalue weighted by atomic mass is 32.2. The van der Waals surface area contributed by atoms with Gasteiger partial charge in [-0.3, -0.25) is 4.79 Å². The Hall–Kier alpha value is -0.620. The Morgan fingerprint density at radius 1 is 1.29 bits per heavy atom. The lowest BCUT2D eigenvalue weighted by atomic mass is 10.2. The fraction of sp³-hybridized carbons (Fsp3) is 0.909. The molecule has 1 N–H and O–H groups in total. The lowest BCUT2D eigenvalue weighted by Gasteiger charge is -2.25. The molecule has 1 fully saturated rings. The molecule has 1 amide bonds. The molecule has 1 aliphatic heterocycles. The molecule has 0 bridgehead atoms. The second-order valence-corrected chi connectivity index (χ2v) is 6.50. The molecule has 0 aliphatic carbocycles. The van der Waals surface area contributed by atoms with Gasteiger partial charge < -0.3 is 5.32 Å². The lowest BCUT2D eigenvalue weighted by Crippen LogP contribution is -2.44. The van der Waals surface area contributed by atoms with Gasteiger partial charge in [0.15, 0.2) is 0 Å². The van der Waals surface area contributed by atoms with Gasteiger partial charge >= 0.3 is 0 Å². The maximum absolute atomic E-state index is 11.6. The molecule has 0 atom stereocenters. The third-order valence-corrected chi connectivity index (χ3v) is 4.78. The summed E-state index contributed by atoms with van der Waals surface area (Å²) < 4.78 is 24.6. The van der Waals surface area contributed by atoms with E-state index in [1.165, 1.54) is 4.31 Å². The van der Waals surface area contributed by atoms with Crippen molar-refractivity contribution in [3.8, 4) is 0 Å². The summed E-state index contributed by atoms with van der Waals surface area (Å²) in [6.07, 6.45) is 4.70. The zero-order chi connectivity index (χ0) is 12.7. The molecule has 0 spiro atoms. The van der Waals surface area contributed by atoms with E-state index < -0.39 is 10.0 Å². The predicted molar refractivity (Wildman–Crippen MR) is 67.1 cm³/mol. The highest BCUT2D eigenvalue weighted by molar-refractivity contribution is 7.89. The van der Waals surface area contributed by atoms with Gasteiger partial charge in [-0.05, 0) is 19.3 Å². The largest absolute Gasteiger partial charge is 0.355 e. The molecule has 0 aromatic heterocycles. The monoisotopic (exact) mass is 262 g/mol. The topological polar surface area (TPSA) is 66.5 Å². The average Bonchev–Trinajstić information content (AvgIpc) is 2.27. The number of sulfonamides is 1. The smallest absolute Gasteiger partial charge is 0.235 e. The van der Waals surface area contributed by atoms with Crippen molar-refractivity contribution in [1.82, 2.24) is 9.62 Å². The molecular weight excluding hydrogens is 240 g/mol. The third-order valence-electron chi connectivity index (χ3n) is 2.88. The maximum atomic E-state index is 11.6. The molecule has 0 aromatic carbocycles. The van der Waals surface area contributed by atoms with Crippen molar-refractivity contribution >= 4 is 15.9 Å². The van der Waals surface area contributed by atoms with Gasteiger partial charge in [-0.1, -0.05) is 19.8 Å². The summed E-state index contributed by atoms with van der Waals surface area (Å²) in [6, 6.07) is 0. The first-order valence-electron chi connectivity index (χ1n) is 6.31. The quantitative estimate of drug-likeness (QED) is 0.717. The summed E-state index contributed by atoms with van der Waals surface area (Å²) in [6.45, 7) is 3.20. The SMILES string of the molecule is CCCCCNC(=O)CN1CCCCS1(=O)=O. The third kappa shape index (κ3) is 5.04. The van der Waals surface area contributed by atoms with Gasteiger partial charge in [-0.2, -0.15) is 4.31 Å².